The highest BCUT2D eigenvalue weighted by molar-refractivity contribution is 5.89. The fourth-order valence-electron chi connectivity index (χ4n) is 7.47. The Kier molecular flexibility index (Phi) is 19.7. The molecule has 1 saturated carbocycles. The highest BCUT2D eigenvalue weighted by atomic mass is 16.7. The molecular formula is C38H71NO8. The Hall–Kier alpha value is -1.38. The summed E-state index contributed by atoms with van der Waals surface area (Å²) in [6.07, 6.45) is -1.44. The highest BCUT2D eigenvalue weighted by Crippen LogP contribution is 2.40. The van der Waals surface area contributed by atoms with E-state index in [0.717, 1.165) is 5.71 Å². The first-order chi connectivity index (χ1) is 21.8. The number of hydrogen-bond donors (Lipinski definition) is 3. The van der Waals surface area contributed by atoms with Crippen LogP contribution >= 0.6 is 0 Å². The molecule has 0 spiro atoms. The molecule has 1 saturated heterocycles. The average molecular weight is 670 g/mol. The van der Waals surface area contributed by atoms with E-state index in [1.165, 1.54) is 0 Å². The van der Waals surface area contributed by atoms with Crippen LogP contribution in [0.1, 0.15) is 122 Å². The monoisotopic (exact) mass is 670 g/mol. The van der Waals surface area contributed by atoms with Crippen molar-refractivity contribution in [3.05, 3.63) is 0 Å². The van der Waals surface area contributed by atoms with Crippen LogP contribution in [0.4, 0.5) is 0 Å². The molecule has 9 heteroatoms. The summed E-state index contributed by atoms with van der Waals surface area (Å²) < 4.78 is 24.5. The van der Waals surface area contributed by atoms with Gasteiger partial charge in [-0.1, -0.05) is 54.9 Å². The number of aliphatic imine (C=N–C) groups is 1. The van der Waals surface area contributed by atoms with Crippen LogP contribution in [-0.2, 0) is 23.7 Å². The summed E-state index contributed by atoms with van der Waals surface area (Å²) in [5, 5.41) is 33.8. The Bertz CT molecular complexity index is 1010. The van der Waals surface area contributed by atoms with E-state index in [0.29, 0.717) is 25.7 Å². The van der Waals surface area contributed by atoms with E-state index >= 15 is 0 Å². The molecule has 0 amide bonds. The van der Waals surface area contributed by atoms with E-state index in [4.69, 9.17) is 18.9 Å². The SMILES string of the molecule is CC.CC#CC.CC[C@H]1CC(=O)C(C)[C@@H](O[C@H]2C[C@@](C)(OC)[C@@H](O)C(C)O2)[C@H](C)C[C@](C)(OC)C[C@@H](C)C(=NC)C(C)C(O)[C@]1(C)O. The predicted octanol–water partition coefficient (Wildman–Crippen LogP) is 6.24. The van der Waals surface area contributed by atoms with Crippen molar-refractivity contribution in [1.29, 1.82) is 0 Å². The molecule has 0 aromatic heterocycles. The Morgan fingerprint density at radius 3 is 1.91 bits per heavy atom. The van der Waals surface area contributed by atoms with E-state index in [2.05, 4.69) is 37.6 Å². The molecule has 0 bridgehead atoms. The van der Waals surface area contributed by atoms with E-state index in [-0.39, 0.29) is 24.0 Å². The number of carbonyl (C=O) groups is 1. The molecule has 2 aliphatic rings. The largest absolute Gasteiger partial charge is 0.389 e. The first kappa shape index (κ1) is 45.6. The molecule has 1 aliphatic carbocycles. The Balaban J connectivity index is 0.00000326. The highest BCUT2D eigenvalue weighted by Gasteiger charge is 2.49. The zero-order valence-corrected chi connectivity index (χ0v) is 32.6. The van der Waals surface area contributed by atoms with E-state index in [9.17, 15) is 20.1 Å². The molecule has 9 nitrogen and oxygen atoms in total. The Labute approximate surface area is 287 Å². The van der Waals surface area contributed by atoms with Crippen molar-refractivity contribution in [3.63, 3.8) is 0 Å². The van der Waals surface area contributed by atoms with Crippen molar-refractivity contribution in [2.45, 2.75) is 170 Å². The molecule has 276 valence electrons. The van der Waals surface area contributed by atoms with E-state index in [1.807, 2.05) is 55.4 Å². The third-order valence-electron chi connectivity index (χ3n) is 10.6. The lowest BCUT2D eigenvalue weighted by Gasteiger charge is -2.46. The van der Waals surface area contributed by atoms with Crippen molar-refractivity contribution < 1.29 is 39.1 Å². The van der Waals surface area contributed by atoms with Gasteiger partial charge in [0, 0.05) is 51.7 Å². The van der Waals surface area contributed by atoms with Gasteiger partial charge >= 0.3 is 0 Å². The van der Waals surface area contributed by atoms with Crippen LogP contribution in [0.3, 0.4) is 0 Å². The molecule has 1 heterocycles. The second-order valence-electron chi connectivity index (χ2n) is 14.1. The number of ether oxygens (including phenoxy) is 4. The minimum atomic E-state index is -1.51. The predicted molar refractivity (Wildman–Crippen MR) is 190 cm³/mol. The Morgan fingerprint density at radius 2 is 1.47 bits per heavy atom. The standard InChI is InChI=1S/C32H59NO8.C4H6.C2H6/c1-13-23-14-24(34)20(4)27(41-25-17-31(8,39-12)29(36)22(6)40-25)19(3)16-30(7,38-11)15-18(2)26(33-10)21(5)28(35)32(23,9)37;1-3-4-2;1-2/h18-23,25,27-29,35-37H,13-17H2,1-12H3;1-2H3;1-2H3/t18-,19-,20?,21?,22?,23+,25+,27+,28?,29+,30-,31-,32-;;/m1../s1. The molecule has 0 aromatic carbocycles. The van der Waals surface area contributed by atoms with Crippen LogP contribution in [0.2, 0.25) is 0 Å². The van der Waals surface area contributed by atoms with Crippen LogP contribution < -0.4 is 0 Å². The summed E-state index contributed by atoms with van der Waals surface area (Å²) in [5.74, 6) is 3.83. The second kappa shape index (κ2) is 20.3. The molecule has 47 heavy (non-hydrogen) atoms. The number of hydrogen-bond acceptors (Lipinski definition) is 9. The van der Waals surface area contributed by atoms with Crippen molar-refractivity contribution in [2.24, 2.45) is 34.6 Å². The van der Waals surface area contributed by atoms with Gasteiger partial charge in [0.1, 0.15) is 11.9 Å². The number of rotatable bonds is 5. The molecule has 3 N–H and O–H groups in total. The number of Topliss-reactive ketones (excluding diaryl/α,β-unsaturated/α-hetero) is 1. The molecule has 0 radical (unpaired) electrons. The molecule has 4 unspecified atom stereocenters. The van der Waals surface area contributed by atoms with Gasteiger partial charge in [0.2, 0.25) is 0 Å². The topological polar surface area (TPSA) is 127 Å². The molecule has 2 rings (SSSR count). The van der Waals surface area contributed by atoms with Crippen LogP contribution in [0.5, 0.6) is 0 Å². The normalized spacial score (nSPS) is 42.9. The fraction of sp³-hybridized carbons (Fsp3) is 0.895. The lowest BCUT2D eigenvalue weighted by atomic mass is 9.70. The van der Waals surface area contributed by atoms with Gasteiger partial charge in [-0.25, -0.2) is 0 Å². The molecule has 2 fully saturated rings. The van der Waals surface area contributed by atoms with Crippen molar-refractivity contribution in [1.82, 2.24) is 0 Å². The van der Waals surface area contributed by atoms with Gasteiger partial charge in [0.25, 0.3) is 0 Å². The molecule has 13 atom stereocenters. The van der Waals surface area contributed by atoms with Crippen molar-refractivity contribution in [2.75, 3.05) is 21.3 Å². The third kappa shape index (κ3) is 11.9. The number of aliphatic hydroxyl groups is 3. The van der Waals surface area contributed by atoms with Gasteiger partial charge in [-0.05, 0) is 72.1 Å². The molecule has 1 aliphatic heterocycles. The van der Waals surface area contributed by atoms with Gasteiger partial charge in [-0.15, -0.1) is 11.8 Å². The number of methoxy groups -OCH3 is 2. The first-order valence-corrected chi connectivity index (χ1v) is 17.6. The summed E-state index contributed by atoms with van der Waals surface area (Å²) in [4.78, 5) is 18.5. The lowest BCUT2D eigenvalue weighted by molar-refractivity contribution is -0.295. The van der Waals surface area contributed by atoms with Gasteiger partial charge in [-0.3, -0.25) is 9.79 Å². The van der Waals surface area contributed by atoms with Crippen LogP contribution in [-0.4, -0.2) is 95.6 Å². The maximum absolute atomic E-state index is 13.9. The third-order valence-corrected chi connectivity index (χ3v) is 10.6. The number of aliphatic hydroxyl groups excluding tert-OH is 2. The molecule has 0 aromatic rings. The smallest absolute Gasteiger partial charge is 0.161 e. The van der Waals surface area contributed by atoms with E-state index in [1.54, 1.807) is 35.1 Å². The summed E-state index contributed by atoms with van der Waals surface area (Å²) in [7, 11) is 4.99. The number of ketones is 1. The fourth-order valence-corrected chi connectivity index (χ4v) is 7.47. The van der Waals surface area contributed by atoms with Crippen LogP contribution in [0.15, 0.2) is 4.99 Å². The number of carbonyl (C=O) groups excluding carboxylic acids is 1. The maximum Gasteiger partial charge on any atom is 0.161 e. The average Bonchev–Trinajstić information content (AvgIpc) is 3.04. The van der Waals surface area contributed by atoms with Gasteiger partial charge < -0.3 is 34.3 Å². The second-order valence-corrected chi connectivity index (χ2v) is 14.1. The quantitative estimate of drug-likeness (QED) is 0.294. The lowest BCUT2D eigenvalue weighted by Crippen LogP contribution is -2.57. The maximum atomic E-state index is 13.9. The molecular weight excluding hydrogens is 598 g/mol. The Morgan fingerprint density at radius 1 is 0.915 bits per heavy atom. The number of nitrogens with zero attached hydrogens (tertiary/aromatic N) is 1. The van der Waals surface area contributed by atoms with Crippen molar-refractivity contribution in [3.8, 4) is 11.8 Å². The minimum absolute atomic E-state index is 0.0227. The minimum Gasteiger partial charge on any atom is -0.389 e. The summed E-state index contributed by atoms with van der Waals surface area (Å²) in [6.45, 7) is 24.8. The van der Waals surface area contributed by atoms with Crippen LogP contribution in [0, 0.1) is 41.4 Å². The first-order valence-electron chi connectivity index (χ1n) is 17.6. The van der Waals surface area contributed by atoms with Crippen molar-refractivity contribution >= 4 is 11.5 Å². The van der Waals surface area contributed by atoms with Gasteiger partial charge in [0.15, 0.2) is 6.29 Å². The van der Waals surface area contributed by atoms with Gasteiger partial charge in [0.05, 0.1) is 35.1 Å². The zero-order chi connectivity index (χ0) is 36.9. The van der Waals surface area contributed by atoms with Crippen LogP contribution in [0.25, 0.3) is 0 Å². The van der Waals surface area contributed by atoms with E-state index < -0.39 is 65.3 Å². The van der Waals surface area contributed by atoms with Gasteiger partial charge in [-0.2, -0.15) is 0 Å². The summed E-state index contributed by atoms with van der Waals surface area (Å²) in [5.41, 5.74) is -2.12. The summed E-state index contributed by atoms with van der Waals surface area (Å²) >= 11 is 0. The zero-order valence-electron chi connectivity index (χ0n) is 32.6. The summed E-state index contributed by atoms with van der Waals surface area (Å²) in [6, 6.07) is 0.